The van der Waals surface area contributed by atoms with Crippen LogP contribution in [0.1, 0.15) is 5.69 Å². The monoisotopic (exact) mass is 295 g/mol. The van der Waals surface area contributed by atoms with E-state index in [4.69, 9.17) is 10.5 Å². The molecule has 0 spiro atoms. The lowest BCUT2D eigenvalue weighted by atomic mass is 10.4. The molecular formula is C11H13N5O3S. The Bertz CT molecular complexity index is 733. The maximum Gasteiger partial charge on any atom is 0.264 e. The van der Waals surface area contributed by atoms with Gasteiger partial charge in [-0.25, -0.2) is 23.1 Å². The third kappa shape index (κ3) is 3.12. The summed E-state index contributed by atoms with van der Waals surface area (Å²) in [5.41, 5.74) is 6.04. The minimum Gasteiger partial charge on any atom is -0.481 e. The summed E-state index contributed by atoms with van der Waals surface area (Å²) in [6, 6.07) is 4.16. The van der Waals surface area contributed by atoms with Gasteiger partial charge in [0.05, 0.1) is 12.0 Å². The summed E-state index contributed by atoms with van der Waals surface area (Å²) in [6.07, 6.45) is 1.31. The van der Waals surface area contributed by atoms with Gasteiger partial charge in [-0.05, 0) is 13.0 Å². The number of nitrogen functional groups attached to an aromatic ring is 1. The number of anilines is 2. The lowest BCUT2D eigenvalue weighted by Crippen LogP contribution is -2.16. The van der Waals surface area contributed by atoms with Crippen LogP contribution < -0.4 is 15.2 Å². The zero-order valence-corrected chi connectivity index (χ0v) is 11.7. The second-order valence-corrected chi connectivity index (χ2v) is 5.58. The molecule has 8 nitrogen and oxygen atoms in total. The van der Waals surface area contributed by atoms with Crippen molar-refractivity contribution in [3.8, 4) is 5.88 Å². The van der Waals surface area contributed by atoms with E-state index in [9.17, 15) is 8.42 Å². The van der Waals surface area contributed by atoms with Crippen LogP contribution in [-0.2, 0) is 10.0 Å². The molecule has 0 aliphatic heterocycles. The zero-order chi connectivity index (χ0) is 14.8. The van der Waals surface area contributed by atoms with E-state index >= 15 is 0 Å². The lowest BCUT2D eigenvalue weighted by molar-refractivity contribution is 0.397. The van der Waals surface area contributed by atoms with Gasteiger partial charge < -0.3 is 10.5 Å². The van der Waals surface area contributed by atoms with E-state index in [1.807, 2.05) is 0 Å². The molecule has 0 unspecified atom stereocenters. The summed E-state index contributed by atoms with van der Waals surface area (Å²) in [6.45, 7) is 1.70. The molecule has 3 N–H and O–H groups in total. The van der Waals surface area contributed by atoms with Crippen molar-refractivity contribution in [2.24, 2.45) is 0 Å². The first-order chi connectivity index (χ1) is 9.40. The maximum absolute atomic E-state index is 12.1. The van der Waals surface area contributed by atoms with Crippen LogP contribution in [0.4, 0.5) is 11.8 Å². The molecule has 2 rings (SSSR count). The Kier molecular flexibility index (Phi) is 3.70. The number of nitrogens with zero attached hydrogens (tertiary/aromatic N) is 3. The van der Waals surface area contributed by atoms with Crippen molar-refractivity contribution in [3.05, 3.63) is 30.1 Å². The molecule has 0 fully saturated rings. The smallest absolute Gasteiger partial charge is 0.264 e. The summed E-state index contributed by atoms with van der Waals surface area (Å²) in [7, 11) is -2.39. The average Bonchev–Trinajstić information content (AvgIpc) is 2.37. The largest absolute Gasteiger partial charge is 0.481 e. The Labute approximate surface area is 116 Å². The number of aryl methyl sites for hydroxylation is 1. The zero-order valence-electron chi connectivity index (χ0n) is 10.9. The molecule has 0 aliphatic rings. The van der Waals surface area contributed by atoms with Crippen molar-refractivity contribution in [2.75, 3.05) is 17.6 Å². The van der Waals surface area contributed by atoms with Gasteiger partial charge in [-0.15, -0.1) is 0 Å². The number of sulfonamides is 1. The Morgan fingerprint density at radius 1 is 1.30 bits per heavy atom. The molecule has 0 aromatic carbocycles. The van der Waals surface area contributed by atoms with Gasteiger partial charge in [-0.3, -0.25) is 0 Å². The van der Waals surface area contributed by atoms with Crippen LogP contribution >= 0.6 is 0 Å². The quantitative estimate of drug-likeness (QED) is 0.846. The molecule has 2 heterocycles. The average molecular weight is 295 g/mol. The van der Waals surface area contributed by atoms with Gasteiger partial charge >= 0.3 is 0 Å². The summed E-state index contributed by atoms with van der Waals surface area (Å²) >= 11 is 0. The number of ether oxygens (including phenoxy) is 1. The van der Waals surface area contributed by atoms with Crippen LogP contribution in [0.3, 0.4) is 0 Å². The molecular weight excluding hydrogens is 282 g/mol. The molecule has 9 heteroatoms. The van der Waals surface area contributed by atoms with Crippen molar-refractivity contribution in [1.29, 1.82) is 0 Å². The molecule has 0 saturated heterocycles. The maximum atomic E-state index is 12.1. The van der Waals surface area contributed by atoms with E-state index in [2.05, 4.69) is 19.7 Å². The molecule has 0 aliphatic carbocycles. The van der Waals surface area contributed by atoms with Gasteiger partial charge in [0.1, 0.15) is 5.82 Å². The van der Waals surface area contributed by atoms with Crippen molar-refractivity contribution >= 4 is 21.8 Å². The molecule has 2 aromatic rings. The highest BCUT2D eigenvalue weighted by Gasteiger charge is 2.17. The van der Waals surface area contributed by atoms with Gasteiger partial charge in [-0.2, -0.15) is 4.98 Å². The summed E-state index contributed by atoms with van der Waals surface area (Å²) in [5, 5.41) is 0. The van der Waals surface area contributed by atoms with Crippen LogP contribution in [0, 0.1) is 6.92 Å². The Morgan fingerprint density at radius 3 is 2.70 bits per heavy atom. The van der Waals surface area contributed by atoms with Gasteiger partial charge in [-0.1, -0.05) is 0 Å². The predicted molar refractivity (Wildman–Crippen MR) is 72.8 cm³/mol. The number of hydrogen-bond donors (Lipinski definition) is 2. The van der Waals surface area contributed by atoms with Gasteiger partial charge in [0, 0.05) is 24.0 Å². The molecule has 0 amide bonds. The van der Waals surface area contributed by atoms with E-state index in [1.54, 1.807) is 13.0 Å². The minimum atomic E-state index is -3.83. The second kappa shape index (κ2) is 5.29. The van der Waals surface area contributed by atoms with Crippen molar-refractivity contribution < 1.29 is 13.2 Å². The number of nitrogens with two attached hydrogens (primary N) is 1. The first kappa shape index (κ1) is 14.0. The SMILES string of the molecule is COc1cc(C)nc(NS(=O)(=O)c2ccnc(N)c2)n1. The highest BCUT2D eigenvalue weighted by molar-refractivity contribution is 7.92. The van der Waals surface area contributed by atoms with E-state index in [0.29, 0.717) is 5.69 Å². The molecule has 0 saturated carbocycles. The van der Waals surface area contributed by atoms with E-state index in [1.165, 1.54) is 25.4 Å². The third-order valence-electron chi connectivity index (χ3n) is 2.33. The topological polar surface area (TPSA) is 120 Å². The highest BCUT2D eigenvalue weighted by atomic mass is 32.2. The third-order valence-corrected chi connectivity index (χ3v) is 3.65. The minimum absolute atomic E-state index is 0.0194. The van der Waals surface area contributed by atoms with Crippen LogP contribution in [0.2, 0.25) is 0 Å². The number of methoxy groups -OCH3 is 1. The van der Waals surface area contributed by atoms with Crippen LogP contribution in [0.15, 0.2) is 29.3 Å². The van der Waals surface area contributed by atoms with Gasteiger partial charge in [0.25, 0.3) is 10.0 Å². The van der Waals surface area contributed by atoms with Crippen LogP contribution in [-0.4, -0.2) is 30.5 Å². The van der Waals surface area contributed by atoms with Crippen molar-refractivity contribution in [1.82, 2.24) is 15.0 Å². The number of aromatic nitrogens is 3. The van der Waals surface area contributed by atoms with Crippen LogP contribution in [0.25, 0.3) is 0 Å². The van der Waals surface area contributed by atoms with E-state index < -0.39 is 10.0 Å². The first-order valence-electron chi connectivity index (χ1n) is 5.55. The normalized spacial score (nSPS) is 11.1. The first-order valence-corrected chi connectivity index (χ1v) is 7.03. The lowest BCUT2D eigenvalue weighted by Gasteiger charge is -2.08. The predicted octanol–water partition coefficient (Wildman–Crippen LogP) is 0.572. The number of pyridine rings is 1. The standard InChI is InChI=1S/C11H13N5O3S/c1-7-5-10(19-2)15-11(14-7)16-20(17,18)8-3-4-13-9(12)6-8/h3-6H,1-2H3,(H2,12,13)(H,14,15,16). The van der Waals surface area contributed by atoms with E-state index in [-0.39, 0.29) is 22.5 Å². The number of hydrogen-bond acceptors (Lipinski definition) is 7. The highest BCUT2D eigenvalue weighted by Crippen LogP contribution is 2.17. The fraction of sp³-hybridized carbons (Fsp3) is 0.182. The summed E-state index contributed by atoms with van der Waals surface area (Å²) < 4.78 is 31.5. The second-order valence-electron chi connectivity index (χ2n) is 3.90. The van der Waals surface area contributed by atoms with Gasteiger partial charge in [0.15, 0.2) is 0 Å². The van der Waals surface area contributed by atoms with E-state index in [0.717, 1.165) is 0 Å². The number of rotatable bonds is 4. The molecule has 0 radical (unpaired) electrons. The summed E-state index contributed by atoms with van der Waals surface area (Å²) in [4.78, 5) is 11.6. The molecule has 2 aromatic heterocycles. The molecule has 0 atom stereocenters. The Morgan fingerprint density at radius 2 is 2.05 bits per heavy atom. The fourth-order valence-electron chi connectivity index (χ4n) is 1.46. The summed E-state index contributed by atoms with van der Waals surface area (Å²) in [5.74, 6) is 0.303. The molecule has 0 bridgehead atoms. The van der Waals surface area contributed by atoms with Crippen molar-refractivity contribution in [3.63, 3.8) is 0 Å². The van der Waals surface area contributed by atoms with Crippen LogP contribution in [0.5, 0.6) is 5.88 Å². The molecule has 20 heavy (non-hydrogen) atoms. The van der Waals surface area contributed by atoms with Gasteiger partial charge in [0.2, 0.25) is 11.8 Å². The Balaban J connectivity index is 2.35. The Hall–Kier alpha value is -2.42. The fourth-order valence-corrected chi connectivity index (χ4v) is 2.43. The van der Waals surface area contributed by atoms with Crippen molar-refractivity contribution in [2.45, 2.75) is 11.8 Å². The molecule has 106 valence electrons. The number of nitrogens with one attached hydrogen (secondary N) is 1.